The number of thiophene rings is 1. The maximum Gasteiger partial charge on any atom is 0.341 e. The molecule has 1 aliphatic rings. The number of non-ortho nitro benzene ring substituents is 1. The number of esters is 1. The molecule has 0 saturated heterocycles. The van der Waals surface area contributed by atoms with Crippen LogP contribution in [0, 0.1) is 17.0 Å². The molecule has 1 amide bonds. The molecule has 8 nitrogen and oxygen atoms in total. The van der Waals surface area contributed by atoms with Crippen molar-refractivity contribution < 1.29 is 24.0 Å². The van der Waals surface area contributed by atoms with Gasteiger partial charge in [0.1, 0.15) is 10.8 Å². The fourth-order valence-electron chi connectivity index (χ4n) is 3.03. The van der Waals surface area contributed by atoms with Crippen LogP contribution in [-0.2, 0) is 22.4 Å². The number of hydrogen-bond donors (Lipinski definition) is 1. The molecule has 0 radical (unpaired) electrons. The average molecular weight is 390 g/mol. The van der Waals surface area contributed by atoms with Gasteiger partial charge in [0, 0.05) is 17.0 Å². The Labute approximate surface area is 159 Å². The molecule has 0 unspecified atom stereocenters. The van der Waals surface area contributed by atoms with E-state index in [0.717, 1.165) is 29.7 Å². The van der Waals surface area contributed by atoms with Gasteiger partial charge in [-0.1, -0.05) is 0 Å². The van der Waals surface area contributed by atoms with Crippen LogP contribution >= 0.6 is 11.3 Å². The highest BCUT2D eigenvalue weighted by Crippen LogP contribution is 2.39. The van der Waals surface area contributed by atoms with Crippen LogP contribution in [0.5, 0.6) is 5.75 Å². The average Bonchev–Trinajstić information content (AvgIpc) is 3.20. The van der Waals surface area contributed by atoms with Crippen molar-refractivity contribution in [3.8, 4) is 5.75 Å². The number of nitrogens with zero attached hydrogens (tertiary/aromatic N) is 1. The van der Waals surface area contributed by atoms with Gasteiger partial charge in [-0.05, 0) is 43.4 Å². The number of hydrogen-bond acceptors (Lipinski definition) is 7. The van der Waals surface area contributed by atoms with Gasteiger partial charge < -0.3 is 14.8 Å². The molecule has 0 saturated carbocycles. The Kier molecular flexibility index (Phi) is 5.41. The summed E-state index contributed by atoms with van der Waals surface area (Å²) >= 11 is 1.39. The molecule has 0 bridgehead atoms. The number of aryl methyl sites for hydroxylation is 2. The Morgan fingerprint density at radius 3 is 2.78 bits per heavy atom. The second kappa shape index (κ2) is 7.75. The van der Waals surface area contributed by atoms with Gasteiger partial charge in [-0.2, -0.15) is 0 Å². The van der Waals surface area contributed by atoms with Gasteiger partial charge in [-0.25, -0.2) is 4.79 Å². The van der Waals surface area contributed by atoms with Crippen molar-refractivity contribution in [3.05, 3.63) is 49.9 Å². The lowest BCUT2D eigenvalue weighted by molar-refractivity contribution is -0.384. The first-order valence-corrected chi connectivity index (χ1v) is 9.13. The lowest BCUT2D eigenvalue weighted by Gasteiger charge is -2.10. The van der Waals surface area contributed by atoms with E-state index < -0.39 is 16.8 Å². The minimum atomic E-state index is -0.492. The van der Waals surface area contributed by atoms with Gasteiger partial charge >= 0.3 is 5.97 Å². The number of rotatable bonds is 6. The lowest BCUT2D eigenvalue weighted by Crippen LogP contribution is -2.21. The molecule has 2 aromatic rings. The molecule has 1 aromatic heterocycles. The zero-order chi connectivity index (χ0) is 19.6. The number of fused-ring (bicyclic) bond motifs is 1. The molecule has 0 fully saturated rings. The van der Waals surface area contributed by atoms with Crippen LogP contribution in [0.25, 0.3) is 0 Å². The Bertz CT molecular complexity index is 921. The molecule has 1 N–H and O–H groups in total. The molecule has 0 atom stereocenters. The van der Waals surface area contributed by atoms with Gasteiger partial charge in [0.05, 0.1) is 17.6 Å². The third-order valence-corrected chi connectivity index (χ3v) is 5.50. The van der Waals surface area contributed by atoms with Crippen LogP contribution < -0.4 is 10.1 Å². The molecule has 1 aromatic carbocycles. The Morgan fingerprint density at radius 1 is 1.33 bits per heavy atom. The molecule has 0 aliphatic heterocycles. The number of anilines is 1. The smallest absolute Gasteiger partial charge is 0.341 e. The summed E-state index contributed by atoms with van der Waals surface area (Å²) < 4.78 is 10.3. The van der Waals surface area contributed by atoms with Crippen molar-refractivity contribution in [2.75, 3.05) is 19.0 Å². The molecule has 3 rings (SSSR count). The molecule has 0 spiro atoms. The third-order valence-electron chi connectivity index (χ3n) is 4.29. The van der Waals surface area contributed by atoms with Crippen LogP contribution in [0.3, 0.4) is 0 Å². The van der Waals surface area contributed by atoms with E-state index in [9.17, 15) is 19.7 Å². The van der Waals surface area contributed by atoms with Crippen molar-refractivity contribution >= 4 is 33.9 Å². The quantitative estimate of drug-likeness (QED) is 0.461. The fourth-order valence-corrected chi connectivity index (χ4v) is 4.32. The largest absolute Gasteiger partial charge is 0.483 e. The van der Waals surface area contributed by atoms with E-state index in [2.05, 4.69) is 5.32 Å². The Balaban J connectivity index is 1.69. The Morgan fingerprint density at radius 2 is 2.11 bits per heavy atom. The minimum absolute atomic E-state index is 0.0416. The number of ether oxygens (including phenoxy) is 2. The van der Waals surface area contributed by atoms with E-state index in [4.69, 9.17) is 9.47 Å². The summed E-state index contributed by atoms with van der Waals surface area (Å²) in [5, 5.41) is 14.0. The van der Waals surface area contributed by atoms with Crippen LogP contribution in [0.2, 0.25) is 0 Å². The first kappa shape index (κ1) is 18.8. The van der Waals surface area contributed by atoms with Gasteiger partial charge in [0.2, 0.25) is 0 Å². The predicted octanol–water partition coefficient (Wildman–Crippen LogP) is 3.26. The monoisotopic (exact) mass is 390 g/mol. The van der Waals surface area contributed by atoms with Gasteiger partial charge in [-0.15, -0.1) is 11.3 Å². The highest BCUT2D eigenvalue weighted by molar-refractivity contribution is 7.17. The first-order valence-electron chi connectivity index (χ1n) is 8.31. The topological polar surface area (TPSA) is 108 Å². The normalized spacial score (nSPS) is 12.4. The van der Waals surface area contributed by atoms with E-state index in [1.807, 2.05) is 0 Å². The van der Waals surface area contributed by atoms with E-state index in [0.29, 0.717) is 21.9 Å². The van der Waals surface area contributed by atoms with E-state index in [1.54, 1.807) is 6.92 Å². The summed E-state index contributed by atoms with van der Waals surface area (Å²) in [6, 6.07) is 4.16. The molecule has 1 heterocycles. The van der Waals surface area contributed by atoms with Gasteiger partial charge in [0.25, 0.3) is 11.6 Å². The van der Waals surface area contributed by atoms with Crippen molar-refractivity contribution in [1.82, 2.24) is 0 Å². The minimum Gasteiger partial charge on any atom is -0.483 e. The number of carbonyl (C=O) groups excluding carboxylic acids is 2. The second-order valence-corrected chi connectivity index (χ2v) is 7.20. The zero-order valence-electron chi connectivity index (χ0n) is 14.9. The highest BCUT2D eigenvalue weighted by atomic mass is 32.1. The summed E-state index contributed by atoms with van der Waals surface area (Å²) in [6.45, 7) is 1.39. The number of benzene rings is 1. The van der Waals surface area contributed by atoms with Crippen LogP contribution in [-0.4, -0.2) is 30.5 Å². The number of nitro benzene ring substituents is 1. The molecular formula is C18H18N2O6S. The van der Waals surface area contributed by atoms with E-state index in [-0.39, 0.29) is 12.3 Å². The van der Waals surface area contributed by atoms with Crippen molar-refractivity contribution in [2.45, 2.75) is 26.2 Å². The van der Waals surface area contributed by atoms with E-state index in [1.165, 1.54) is 36.6 Å². The number of amides is 1. The highest BCUT2D eigenvalue weighted by Gasteiger charge is 2.28. The zero-order valence-corrected chi connectivity index (χ0v) is 15.7. The molecule has 27 heavy (non-hydrogen) atoms. The third kappa shape index (κ3) is 3.92. The number of nitrogens with one attached hydrogen (secondary N) is 1. The molecule has 142 valence electrons. The van der Waals surface area contributed by atoms with Crippen molar-refractivity contribution in [2.24, 2.45) is 0 Å². The Hall–Kier alpha value is -2.94. The van der Waals surface area contributed by atoms with Crippen LogP contribution in [0.4, 0.5) is 10.7 Å². The van der Waals surface area contributed by atoms with Crippen molar-refractivity contribution in [1.29, 1.82) is 0 Å². The van der Waals surface area contributed by atoms with E-state index >= 15 is 0 Å². The predicted molar refractivity (Wildman–Crippen MR) is 99.6 cm³/mol. The lowest BCUT2D eigenvalue weighted by atomic mass is 10.1. The summed E-state index contributed by atoms with van der Waals surface area (Å²) in [7, 11) is 1.31. The SMILES string of the molecule is COC(=O)c1c(NC(=O)COc2ccc([N+](=O)[O-])cc2C)sc2c1CCC2. The summed E-state index contributed by atoms with van der Waals surface area (Å²) in [4.78, 5) is 35.7. The fraction of sp³-hybridized carbons (Fsp3) is 0.333. The van der Waals surface area contributed by atoms with Crippen LogP contribution in [0.1, 0.15) is 32.8 Å². The maximum absolute atomic E-state index is 12.3. The number of nitro groups is 1. The second-order valence-electron chi connectivity index (χ2n) is 6.10. The summed E-state index contributed by atoms with van der Waals surface area (Å²) in [5.74, 6) is -0.493. The molecule has 1 aliphatic carbocycles. The number of carbonyl (C=O) groups is 2. The summed E-state index contributed by atoms with van der Waals surface area (Å²) in [6.07, 6.45) is 2.67. The first-order chi connectivity index (χ1) is 12.9. The molecule has 9 heteroatoms. The van der Waals surface area contributed by atoms with Crippen LogP contribution in [0.15, 0.2) is 18.2 Å². The standard InChI is InChI=1S/C18H18N2O6S/c1-10-8-11(20(23)24)6-7-13(10)26-9-15(21)19-17-16(18(22)25-2)12-4-3-5-14(12)27-17/h6-8H,3-5,9H2,1-2H3,(H,19,21). The van der Waals surface area contributed by atoms with Gasteiger partial charge in [-0.3, -0.25) is 14.9 Å². The van der Waals surface area contributed by atoms with Gasteiger partial charge in [0.15, 0.2) is 6.61 Å². The number of methoxy groups -OCH3 is 1. The maximum atomic E-state index is 12.3. The molecular weight excluding hydrogens is 372 g/mol. The summed E-state index contributed by atoms with van der Waals surface area (Å²) in [5.41, 5.74) is 1.90. The van der Waals surface area contributed by atoms with Crippen molar-refractivity contribution in [3.63, 3.8) is 0 Å².